The molecule has 1 unspecified atom stereocenters. The molecule has 4 bridgehead atoms. The molecule has 3 N–H and O–H groups in total. The van der Waals surface area contributed by atoms with E-state index in [1.54, 1.807) is 42.5 Å². The molecule has 0 radical (unpaired) electrons. The van der Waals surface area contributed by atoms with Crippen molar-refractivity contribution in [2.24, 2.45) is 0 Å². The van der Waals surface area contributed by atoms with Crippen LogP contribution in [0.3, 0.4) is 0 Å². The molecule has 1 aliphatic rings. The summed E-state index contributed by atoms with van der Waals surface area (Å²) in [5.74, 6) is 0.880. The van der Waals surface area contributed by atoms with Gasteiger partial charge in [-0.3, -0.25) is 4.72 Å². The molecule has 0 saturated carbocycles. The van der Waals surface area contributed by atoms with Crippen molar-refractivity contribution < 1.29 is 32.5 Å². The van der Waals surface area contributed by atoms with E-state index in [1.807, 2.05) is 68.4 Å². The molecular weight excluding hydrogens is 641 g/mol. The second-order valence-electron chi connectivity index (χ2n) is 11.9. The second-order valence-corrected chi connectivity index (χ2v) is 13.6. The predicted molar refractivity (Wildman–Crippen MR) is 188 cm³/mol. The fourth-order valence-electron chi connectivity index (χ4n) is 5.61. The molecule has 0 fully saturated rings. The van der Waals surface area contributed by atoms with Gasteiger partial charge in [0.1, 0.15) is 31.3 Å². The highest BCUT2D eigenvalue weighted by molar-refractivity contribution is 7.92. The SMILES string of the molecule is Cc1cc(-c2ccc(C(=O)OCc3ccccc3)cc2)c(C)cc1OCCNCC(O)c1ccc2cc1NS(=O)(=O)c1cccc(c1)CO2. The van der Waals surface area contributed by atoms with Gasteiger partial charge in [-0.2, -0.15) is 0 Å². The zero-order valence-electron chi connectivity index (χ0n) is 27.3. The number of nitrogens with one attached hydrogen (secondary N) is 2. The molecule has 0 amide bonds. The molecule has 5 aromatic carbocycles. The van der Waals surface area contributed by atoms with Crippen LogP contribution in [0.25, 0.3) is 11.1 Å². The van der Waals surface area contributed by atoms with Crippen molar-refractivity contribution in [3.63, 3.8) is 0 Å². The number of carbonyl (C=O) groups excluding carboxylic acids is 1. The number of carbonyl (C=O) groups is 1. The van der Waals surface area contributed by atoms with Crippen LogP contribution in [0.15, 0.2) is 114 Å². The van der Waals surface area contributed by atoms with Crippen molar-refractivity contribution in [3.8, 4) is 22.6 Å². The van der Waals surface area contributed by atoms with E-state index < -0.39 is 16.1 Å². The van der Waals surface area contributed by atoms with Gasteiger partial charge in [-0.25, -0.2) is 13.2 Å². The topological polar surface area (TPSA) is 123 Å². The lowest BCUT2D eigenvalue weighted by atomic mass is 9.97. The summed E-state index contributed by atoms with van der Waals surface area (Å²) in [5, 5.41) is 14.2. The maximum absolute atomic E-state index is 13.1. The van der Waals surface area contributed by atoms with Gasteiger partial charge in [0.2, 0.25) is 0 Å². The Morgan fingerprint density at radius 2 is 1.71 bits per heavy atom. The van der Waals surface area contributed by atoms with Crippen molar-refractivity contribution in [2.45, 2.75) is 38.1 Å². The van der Waals surface area contributed by atoms with Gasteiger partial charge < -0.3 is 24.6 Å². The Kier molecular flexibility index (Phi) is 10.3. The molecule has 252 valence electrons. The summed E-state index contributed by atoms with van der Waals surface area (Å²) in [7, 11) is -3.86. The summed E-state index contributed by atoms with van der Waals surface area (Å²) in [6, 6.07) is 32.6. The van der Waals surface area contributed by atoms with Crippen molar-refractivity contribution in [1.29, 1.82) is 0 Å². The number of aliphatic hydroxyl groups excluding tert-OH is 1. The third-order valence-electron chi connectivity index (χ3n) is 8.28. The first-order valence-corrected chi connectivity index (χ1v) is 17.5. The number of hydrogen-bond acceptors (Lipinski definition) is 8. The fourth-order valence-corrected chi connectivity index (χ4v) is 6.76. The number of sulfonamides is 1. The second kappa shape index (κ2) is 14.9. The van der Waals surface area contributed by atoms with Gasteiger partial charge in [0, 0.05) is 24.7 Å². The number of aryl methyl sites for hydroxylation is 2. The number of aliphatic hydroxyl groups is 1. The van der Waals surface area contributed by atoms with Gasteiger partial charge in [0.05, 0.1) is 22.3 Å². The Bertz CT molecular complexity index is 2050. The molecule has 6 rings (SSSR count). The minimum Gasteiger partial charge on any atom is -0.492 e. The fraction of sp³-hybridized carbons (Fsp3) is 0.205. The lowest BCUT2D eigenvalue weighted by molar-refractivity contribution is 0.0472. The Balaban J connectivity index is 1.02. The summed E-state index contributed by atoms with van der Waals surface area (Å²) < 4.78 is 46.1. The molecule has 1 aliphatic heterocycles. The molecular formula is C39H38N2O7S. The average molecular weight is 679 g/mol. The quantitative estimate of drug-likeness (QED) is 0.104. The van der Waals surface area contributed by atoms with Crippen LogP contribution in [0.2, 0.25) is 0 Å². The monoisotopic (exact) mass is 678 g/mol. The van der Waals surface area contributed by atoms with Crippen LogP contribution >= 0.6 is 0 Å². The van der Waals surface area contributed by atoms with E-state index >= 15 is 0 Å². The molecule has 49 heavy (non-hydrogen) atoms. The Hall–Kier alpha value is -5.16. The summed E-state index contributed by atoms with van der Waals surface area (Å²) in [5.41, 5.74) is 6.87. The maximum atomic E-state index is 13.1. The molecule has 0 aromatic heterocycles. The van der Waals surface area contributed by atoms with Gasteiger partial charge >= 0.3 is 5.97 Å². The lowest BCUT2D eigenvalue weighted by Gasteiger charge is -2.20. The molecule has 0 spiro atoms. The number of rotatable bonds is 11. The third-order valence-corrected chi connectivity index (χ3v) is 9.65. The third kappa shape index (κ3) is 8.29. The van der Waals surface area contributed by atoms with Crippen molar-refractivity contribution in [2.75, 3.05) is 24.4 Å². The number of ether oxygens (including phenoxy) is 3. The number of anilines is 1. The van der Waals surface area contributed by atoms with E-state index in [9.17, 15) is 18.3 Å². The average Bonchev–Trinajstić information content (AvgIpc) is 3.11. The van der Waals surface area contributed by atoms with Crippen LogP contribution in [0.4, 0.5) is 5.69 Å². The number of hydrogen-bond donors (Lipinski definition) is 3. The first kappa shape index (κ1) is 33.7. The summed E-state index contributed by atoms with van der Waals surface area (Å²) in [4.78, 5) is 12.7. The van der Waals surface area contributed by atoms with Crippen LogP contribution in [0, 0.1) is 13.8 Å². The normalized spacial score (nSPS) is 13.8. The van der Waals surface area contributed by atoms with Gasteiger partial charge in [0.15, 0.2) is 0 Å². The van der Waals surface area contributed by atoms with E-state index in [0.717, 1.165) is 39.1 Å². The number of esters is 1. The molecule has 10 heteroatoms. The number of fused-ring (bicyclic) bond motifs is 4. The summed E-state index contributed by atoms with van der Waals surface area (Å²) in [6.07, 6.45) is -0.985. The zero-order chi connectivity index (χ0) is 34.4. The molecule has 0 aliphatic carbocycles. The number of benzene rings is 5. The van der Waals surface area contributed by atoms with E-state index in [-0.39, 0.29) is 36.3 Å². The lowest BCUT2D eigenvalue weighted by Crippen LogP contribution is -2.27. The van der Waals surface area contributed by atoms with E-state index in [1.165, 1.54) is 6.07 Å². The van der Waals surface area contributed by atoms with Crippen molar-refractivity contribution in [1.82, 2.24) is 5.32 Å². The van der Waals surface area contributed by atoms with Gasteiger partial charge in [0.25, 0.3) is 10.0 Å². The molecule has 9 nitrogen and oxygen atoms in total. The minimum atomic E-state index is -3.86. The maximum Gasteiger partial charge on any atom is 0.338 e. The first-order chi connectivity index (χ1) is 23.7. The largest absolute Gasteiger partial charge is 0.492 e. The highest BCUT2D eigenvalue weighted by atomic mass is 32.2. The molecule has 5 aromatic rings. The van der Waals surface area contributed by atoms with Gasteiger partial charge in [-0.1, -0.05) is 60.7 Å². The molecule has 0 saturated heterocycles. The Morgan fingerprint density at radius 3 is 2.51 bits per heavy atom. The van der Waals surface area contributed by atoms with Crippen LogP contribution in [0.1, 0.15) is 44.3 Å². The van der Waals surface area contributed by atoms with Crippen molar-refractivity contribution >= 4 is 21.7 Å². The van der Waals surface area contributed by atoms with Gasteiger partial charge in [-0.05, 0) is 89.7 Å². The van der Waals surface area contributed by atoms with Crippen molar-refractivity contribution in [3.05, 3.63) is 143 Å². The summed E-state index contributed by atoms with van der Waals surface area (Å²) >= 11 is 0. The van der Waals surface area contributed by atoms with E-state index in [2.05, 4.69) is 16.1 Å². The van der Waals surface area contributed by atoms with Crippen LogP contribution in [-0.2, 0) is 28.0 Å². The zero-order valence-corrected chi connectivity index (χ0v) is 28.1. The first-order valence-electron chi connectivity index (χ1n) is 16.0. The van der Waals surface area contributed by atoms with E-state index in [4.69, 9.17) is 14.2 Å². The van der Waals surface area contributed by atoms with Crippen LogP contribution in [0.5, 0.6) is 11.5 Å². The Labute approximate surface area is 286 Å². The predicted octanol–water partition coefficient (Wildman–Crippen LogP) is 6.72. The smallest absolute Gasteiger partial charge is 0.338 e. The Morgan fingerprint density at radius 1 is 0.918 bits per heavy atom. The highest BCUT2D eigenvalue weighted by Gasteiger charge is 2.22. The highest BCUT2D eigenvalue weighted by Crippen LogP contribution is 2.32. The summed E-state index contributed by atoms with van der Waals surface area (Å²) in [6.45, 7) is 5.44. The molecule has 1 atom stereocenters. The minimum absolute atomic E-state index is 0.129. The van der Waals surface area contributed by atoms with Crippen LogP contribution in [-0.4, -0.2) is 39.2 Å². The standard InChI is InChI=1S/C39H38N2O7S/c1-26-20-38(27(2)19-35(26)30-11-13-31(14-12-30)39(43)48-24-28-7-4-3-5-8-28)46-18-17-40-23-37(42)34-16-15-32-22-36(34)41-49(44,45)33-10-6-9-29(21-33)25-47-32/h3-16,19-22,37,40-42H,17-18,23-25H2,1-2H3. The van der Waals surface area contributed by atoms with Crippen LogP contribution < -0.4 is 19.5 Å². The van der Waals surface area contributed by atoms with Gasteiger partial charge in [-0.15, -0.1) is 0 Å². The molecule has 1 heterocycles. The van der Waals surface area contributed by atoms with E-state index in [0.29, 0.717) is 30.0 Å².